The number of nitrogens with one attached hydrogen (secondary N) is 2. The van der Waals surface area contributed by atoms with Gasteiger partial charge >= 0.3 is 0 Å². The van der Waals surface area contributed by atoms with Crippen molar-refractivity contribution in [2.45, 2.75) is 13.3 Å². The number of anilines is 1. The van der Waals surface area contributed by atoms with Crippen LogP contribution in [-0.2, 0) is 4.79 Å². The zero-order valence-corrected chi connectivity index (χ0v) is 12.9. The highest BCUT2D eigenvalue weighted by Gasteiger charge is 2.36. The summed E-state index contributed by atoms with van der Waals surface area (Å²) in [7, 11) is 4.64. The number of carbonyl (C=O) groups excluding carboxylic acids is 1. The summed E-state index contributed by atoms with van der Waals surface area (Å²) in [6.45, 7) is 3.50. The van der Waals surface area contributed by atoms with Crippen LogP contribution in [0.1, 0.15) is 13.3 Å². The minimum atomic E-state index is -0.388. The van der Waals surface area contributed by atoms with Crippen LogP contribution in [0.15, 0.2) is 12.1 Å². The maximum Gasteiger partial charge on any atom is 0.231 e. The first-order valence-corrected chi connectivity index (χ1v) is 6.86. The van der Waals surface area contributed by atoms with E-state index in [1.54, 1.807) is 33.5 Å². The van der Waals surface area contributed by atoms with Gasteiger partial charge in [0.15, 0.2) is 11.5 Å². The number of ether oxygens (including phenoxy) is 3. The number of amides is 1. The summed E-state index contributed by atoms with van der Waals surface area (Å²) in [5.41, 5.74) is 0.239. The van der Waals surface area contributed by atoms with Crippen LogP contribution in [0.25, 0.3) is 0 Å². The molecule has 0 aromatic heterocycles. The minimum Gasteiger partial charge on any atom is -0.493 e. The average molecular weight is 294 g/mol. The summed E-state index contributed by atoms with van der Waals surface area (Å²) in [6.07, 6.45) is 0.823. The molecule has 1 aromatic rings. The molecule has 1 aromatic carbocycles. The van der Waals surface area contributed by atoms with Gasteiger partial charge in [-0.25, -0.2) is 0 Å². The molecule has 0 bridgehead atoms. The summed E-state index contributed by atoms with van der Waals surface area (Å²) in [6, 6.07) is 3.45. The fraction of sp³-hybridized carbons (Fsp3) is 0.533. The van der Waals surface area contributed by atoms with E-state index in [-0.39, 0.29) is 11.3 Å². The van der Waals surface area contributed by atoms with Gasteiger partial charge < -0.3 is 24.8 Å². The van der Waals surface area contributed by atoms with Gasteiger partial charge in [0.25, 0.3) is 0 Å². The number of benzene rings is 1. The van der Waals surface area contributed by atoms with Crippen molar-refractivity contribution < 1.29 is 19.0 Å². The number of hydrogen-bond acceptors (Lipinski definition) is 5. The van der Waals surface area contributed by atoms with Crippen molar-refractivity contribution in [3.63, 3.8) is 0 Å². The highest BCUT2D eigenvalue weighted by atomic mass is 16.5. The molecular weight excluding hydrogens is 272 g/mol. The molecule has 2 N–H and O–H groups in total. The van der Waals surface area contributed by atoms with E-state index < -0.39 is 0 Å². The lowest BCUT2D eigenvalue weighted by atomic mass is 9.89. The Kier molecular flexibility index (Phi) is 4.57. The first-order valence-electron chi connectivity index (χ1n) is 6.86. The number of methoxy groups -OCH3 is 3. The van der Waals surface area contributed by atoms with Crippen molar-refractivity contribution in [2.75, 3.05) is 39.7 Å². The van der Waals surface area contributed by atoms with Gasteiger partial charge in [0.05, 0.1) is 26.7 Å². The molecule has 6 nitrogen and oxygen atoms in total. The van der Waals surface area contributed by atoms with Crippen LogP contribution in [0.4, 0.5) is 5.69 Å². The smallest absolute Gasteiger partial charge is 0.231 e. The topological polar surface area (TPSA) is 68.8 Å². The molecule has 1 unspecified atom stereocenters. The van der Waals surface area contributed by atoms with Crippen molar-refractivity contribution in [2.24, 2.45) is 5.41 Å². The van der Waals surface area contributed by atoms with Crippen LogP contribution in [0.5, 0.6) is 17.2 Å². The normalized spacial score (nSPS) is 21.0. The van der Waals surface area contributed by atoms with Gasteiger partial charge in [-0.3, -0.25) is 4.79 Å². The third-order valence-corrected chi connectivity index (χ3v) is 3.84. The molecule has 21 heavy (non-hydrogen) atoms. The fourth-order valence-corrected chi connectivity index (χ4v) is 2.45. The Morgan fingerprint density at radius 2 is 1.81 bits per heavy atom. The maximum absolute atomic E-state index is 12.4. The van der Waals surface area contributed by atoms with Crippen LogP contribution < -0.4 is 24.8 Å². The van der Waals surface area contributed by atoms with Crippen LogP contribution in [0.3, 0.4) is 0 Å². The van der Waals surface area contributed by atoms with Crippen LogP contribution in [0, 0.1) is 5.41 Å². The van der Waals surface area contributed by atoms with Gasteiger partial charge in [-0.1, -0.05) is 0 Å². The van der Waals surface area contributed by atoms with Gasteiger partial charge in [-0.15, -0.1) is 0 Å². The van der Waals surface area contributed by atoms with Crippen LogP contribution >= 0.6 is 0 Å². The molecule has 2 rings (SSSR count). The fourth-order valence-electron chi connectivity index (χ4n) is 2.45. The Morgan fingerprint density at radius 1 is 1.19 bits per heavy atom. The molecular formula is C15H22N2O4. The lowest BCUT2D eigenvalue weighted by Gasteiger charge is -2.22. The molecule has 6 heteroatoms. The summed E-state index contributed by atoms with van der Waals surface area (Å²) in [4.78, 5) is 12.4. The summed E-state index contributed by atoms with van der Waals surface area (Å²) in [5, 5.41) is 6.14. The van der Waals surface area contributed by atoms with Crippen molar-refractivity contribution in [1.29, 1.82) is 0 Å². The van der Waals surface area contributed by atoms with Crippen molar-refractivity contribution in [1.82, 2.24) is 5.32 Å². The first kappa shape index (κ1) is 15.4. The standard InChI is InChI=1S/C15H22N2O4/c1-15(5-6-16-9-15)14(18)17-10-7-11(19-2)13(21-4)12(8-10)20-3/h7-8,16H,5-6,9H2,1-4H3,(H,17,18). The van der Waals surface area contributed by atoms with E-state index in [2.05, 4.69) is 10.6 Å². The summed E-state index contributed by atoms with van der Waals surface area (Å²) >= 11 is 0. The van der Waals surface area contributed by atoms with E-state index in [4.69, 9.17) is 14.2 Å². The zero-order valence-electron chi connectivity index (χ0n) is 12.9. The maximum atomic E-state index is 12.4. The van der Waals surface area contributed by atoms with Gasteiger partial charge in [0.2, 0.25) is 11.7 Å². The largest absolute Gasteiger partial charge is 0.493 e. The number of rotatable bonds is 5. The van der Waals surface area contributed by atoms with Crippen LogP contribution in [0.2, 0.25) is 0 Å². The highest BCUT2D eigenvalue weighted by molar-refractivity contribution is 5.96. The molecule has 1 atom stereocenters. The summed E-state index contributed by atoms with van der Waals surface area (Å²) < 4.78 is 15.8. The Bertz CT molecular complexity index is 499. The molecule has 0 saturated carbocycles. The number of carbonyl (C=O) groups is 1. The molecule has 0 radical (unpaired) electrons. The molecule has 0 aliphatic carbocycles. The molecule has 1 saturated heterocycles. The first-order chi connectivity index (χ1) is 10.0. The van der Waals surface area contributed by atoms with Crippen molar-refractivity contribution >= 4 is 11.6 Å². The second kappa shape index (κ2) is 6.22. The van der Waals surface area contributed by atoms with Gasteiger partial charge in [-0.05, 0) is 19.9 Å². The second-order valence-corrected chi connectivity index (χ2v) is 5.36. The predicted molar refractivity (Wildman–Crippen MR) is 80.3 cm³/mol. The second-order valence-electron chi connectivity index (χ2n) is 5.36. The van der Waals surface area contributed by atoms with Crippen molar-refractivity contribution in [3.8, 4) is 17.2 Å². The van der Waals surface area contributed by atoms with E-state index in [9.17, 15) is 4.79 Å². The van der Waals surface area contributed by atoms with Crippen LogP contribution in [-0.4, -0.2) is 40.3 Å². The van der Waals surface area contributed by atoms with E-state index in [1.165, 1.54) is 0 Å². The molecule has 0 spiro atoms. The third-order valence-electron chi connectivity index (χ3n) is 3.84. The Hall–Kier alpha value is -1.95. The van der Waals surface area contributed by atoms with Gasteiger partial charge in [0, 0.05) is 24.4 Å². The predicted octanol–water partition coefficient (Wildman–Crippen LogP) is 1.65. The summed E-state index contributed by atoms with van der Waals surface area (Å²) in [5.74, 6) is 1.53. The van der Waals surface area contributed by atoms with Crippen molar-refractivity contribution in [3.05, 3.63) is 12.1 Å². The van der Waals surface area contributed by atoms with Gasteiger partial charge in [-0.2, -0.15) is 0 Å². The van der Waals surface area contributed by atoms with E-state index in [0.717, 1.165) is 13.0 Å². The quantitative estimate of drug-likeness (QED) is 0.864. The number of hydrogen-bond donors (Lipinski definition) is 2. The van der Waals surface area contributed by atoms with Gasteiger partial charge in [0.1, 0.15) is 0 Å². The minimum absolute atomic E-state index is 0.0122. The molecule has 1 aliphatic rings. The zero-order chi connectivity index (χ0) is 15.5. The van der Waals surface area contributed by atoms with E-state index in [0.29, 0.717) is 29.5 Å². The Morgan fingerprint density at radius 3 is 2.24 bits per heavy atom. The monoisotopic (exact) mass is 294 g/mol. The lowest BCUT2D eigenvalue weighted by molar-refractivity contribution is -0.123. The Balaban J connectivity index is 2.26. The molecule has 1 fully saturated rings. The van der Waals surface area contributed by atoms with E-state index in [1.807, 2.05) is 6.92 Å². The highest BCUT2D eigenvalue weighted by Crippen LogP contribution is 2.40. The molecule has 1 amide bonds. The molecule has 1 heterocycles. The SMILES string of the molecule is COc1cc(NC(=O)C2(C)CCNC2)cc(OC)c1OC. The van der Waals surface area contributed by atoms with E-state index >= 15 is 0 Å². The third kappa shape index (κ3) is 3.05. The average Bonchev–Trinajstić information content (AvgIpc) is 2.94. The molecule has 116 valence electrons. The Labute approximate surface area is 124 Å². The molecule has 1 aliphatic heterocycles. The lowest BCUT2D eigenvalue weighted by Crippen LogP contribution is -2.35.